The smallest absolute Gasteiger partial charge is 0.253 e. The van der Waals surface area contributed by atoms with Gasteiger partial charge in [0.1, 0.15) is 11.5 Å². The van der Waals surface area contributed by atoms with E-state index < -0.39 is 6.10 Å². The highest BCUT2D eigenvalue weighted by atomic mass is 35.5. The summed E-state index contributed by atoms with van der Waals surface area (Å²) in [6.45, 7) is 0.220. The van der Waals surface area contributed by atoms with Gasteiger partial charge in [-0.05, 0) is 66.1 Å². The third kappa shape index (κ3) is 6.84. The van der Waals surface area contributed by atoms with Crippen LogP contribution in [-0.4, -0.2) is 59.3 Å². The molecule has 0 fully saturated rings. The van der Waals surface area contributed by atoms with Crippen molar-refractivity contribution in [3.8, 4) is 11.5 Å². The SMILES string of the molecule is CN(C)C(=O)c1ccc2nccc(Oc3ccc(C[C@@H](CO)NC[C@H](O)c4cccc(Cl)c4)cc3)c2c1. The van der Waals surface area contributed by atoms with Crippen molar-refractivity contribution in [3.63, 3.8) is 0 Å². The second-order valence-corrected chi connectivity index (χ2v) is 9.49. The molecular weight excluding hydrogens is 490 g/mol. The fourth-order valence-corrected chi connectivity index (χ4v) is 4.22. The van der Waals surface area contributed by atoms with Gasteiger partial charge < -0.3 is 25.2 Å². The number of aliphatic hydroxyl groups is 2. The number of hydrogen-bond acceptors (Lipinski definition) is 6. The normalized spacial score (nSPS) is 12.8. The summed E-state index contributed by atoms with van der Waals surface area (Å²) in [7, 11) is 3.43. The molecule has 4 rings (SSSR count). The molecule has 8 heteroatoms. The first-order valence-corrected chi connectivity index (χ1v) is 12.4. The number of carbonyl (C=O) groups is 1. The Morgan fingerprint density at radius 3 is 2.57 bits per heavy atom. The fourth-order valence-electron chi connectivity index (χ4n) is 4.02. The van der Waals surface area contributed by atoms with E-state index in [-0.39, 0.29) is 18.6 Å². The molecule has 0 saturated carbocycles. The number of halogens is 1. The van der Waals surface area contributed by atoms with E-state index in [9.17, 15) is 15.0 Å². The number of ether oxygens (including phenoxy) is 1. The van der Waals surface area contributed by atoms with Crippen LogP contribution in [0.5, 0.6) is 11.5 Å². The van der Waals surface area contributed by atoms with Crippen molar-refractivity contribution < 1.29 is 19.7 Å². The molecule has 0 aliphatic carbocycles. The van der Waals surface area contributed by atoms with Gasteiger partial charge in [0.25, 0.3) is 5.91 Å². The van der Waals surface area contributed by atoms with Gasteiger partial charge in [0, 0.05) is 48.9 Å². The zero-order valence-corrected chi connectivity index (χ0v) is 21.5. The Bertz CT molecular complexity index is 1360. The lowest BCUT2D eigenvalue weighted by Crippen LogP contribution is -2.37. The van der Waals surface area contributed by atoms with Crippen LogP contribution >= 0.6 is 11.6 Å². The van der Waals surface area contributed by atoms with E-state index in [0.717, 1.165) is 22.0 Å². The number of carbonyl (C=O) groups excluding carboxylic acids is 1. The maximum Gasteiger partial charge on any atom is 0.253 e. The van der Waals surface area contributed by atoms with Crippen molar-refractivity contribution in [2.75, 3.05) is 27.2 Å². The Labute approximate surface area is 221 Å². The minimum Gasteiger partial charge on any atom is -0.457 e. The zero-order chi connectivity index (χ0) is 26.4. The van der Waals surface area contributed by atoms with Crippen molar-refractivity contribution in [2.45, 2.75) is 18.6 Å². The Kier molecular flexibility index (Phi) is 8.74. The monoisotopic (exact) mass is 519 g/mol. The minimum atomic E-state index is -0.729. The molecule has 1 amide bonds. The Balaban J connectivity index is 1.41. The second-order valence-electron chi connectivity index (χ2n) is 9.05. The number of hydrogen-bond donors (Lipinski definition) is 3. The summed E-state index contributed by atoms with van der Waals surface area (Å²) in [6.07, 6.45) is 1.52. The van der Waals surface area contributed by atoms with Gasteiger partial charge in [-0.1, -0.05) is 35.9 Å². The van der Waals surface area contributed by atoms with Crippen LogP contribution in [0, 0.1) is 0 Å². The molecule has 0 spiro atoms. The predicted molar refractivity (Wildman–Crippen MR) is 145 cm³/mol. The van der Waals surface area contributed by atoms with E-state index in [1.54, 1.807) is 56.7 Å². The molecule has 3 aromatic carbocycles. The maximum atomic E-state index is 12.4. The van der Waals surface area contributed by atoms with E-state index in [0.29, 0.717) is 35.1 Å². The number of pyridine rings is 1. The van der Waals surface area contributed by atoms with Crippen LogP contribution in [0.2, 0.25) is 5.02 Å². The predicted octanol–water partition coefficient (Wildman–Crippen LogP) is 4.61. The summed E-state index contributed by atoms with van der Waals surface area (Å²) in [5.41, 5.74) is 3.03. The molecule has 0 unspecified atom stereocenters. The Hall–Kier alpha value is -3.49. The molecule has 3 N–H and O–H groups in total. The minimum absolute atomic E-state index is 0.0719. The molecule has 0 radical (unpaired) electrons. The number of fused-ring (bicyclic) bond motifs is 1. The third-order valence-corrected chi connectivity index (χ3v) is 6.28. The van der Waals surface area contributed by atoms with Gasteiger partial charge in [-0.3, -0.25) is 9.78 Å². The molecule has 7 nitrogen and oxygen atoms in total. The number of aliphatic hydroxyl groups excluding tert-OH is 2. The molecule has 4 aromatic rings. The van der Waals surface area contributed by atoms with Crippen LogP contribution in [0.25, 0.3) is 10.9 Å². The van der Waals surface area contributed by atoms with Gasteiger partial charge in [0.15, 0.2) is 0 Å². The van der Waals surface area contributed by atoms with Crippen molar-refractivity contribution >= 4 is 28.4 Å². The molecule has 0 aliphatic rings. The standard InChI is InChI=1S/C29H30ClN3O4/c1-33(2)29(36)21-8-11-26-25(16-21)28(12-13-31-26)37-24-9-6-19(7-10-24)14-23(18-34)32-17-27(35)20-4-3-5-22(30)15-20/h3-13,15-16,23,27,32,34-35H,14,17-18H2,1-2H3/t23-,27-/m0/s1. The first-order valence-electron chi connectivity index (χ1n) is 12.0. The number of benzene rings is 3. The molecule has 1 aromatic heterocycles. The van der Waals surface area contributed by atoms with Crippen molar-refractivity contribution in [1.82, 2.24) is 15.2 Å². The molecule has 0 bridgehead atoms. The Morgan fingerprint density at radius 1 is 1.08 bits per heavy atom. The lowest BCUT2D eigenvalue weighted by Gasteiger charge is -2.19. The second kappa shape index (κ2) is 12.2. The highest BCUT2D eigenvalue weighted by molar-refractivity contribution is 6.30. The molecule has 0 saturated heterocycles. The van der Waals surface area contributed by atoms with Crippen LogP contribution in [0.4, 0.5) is 0 Å². The Morgan fingerprint density at radius 2 is 1.86 bits per heavy atom. The summed E-state index contributed by atoms with van der Waals surface area (Å²) in [5.74, 6) is 1.16. The average Bonchev–Trinajstić information content (AvgIpc) is 2.91. The topological polar surface area (TPSA) is 94.9 Å². The van der Waals surface area contributed by atoms with Gasteiger partial charge in [-0.15, -0.1) is 0 Å². The quantitative estimate of drug-likeness (QED) is 0.283. The summed E-state index contributed by atoms with van der Waals surface area (Å²) >= 11 is 6.01. The van der Waals surface area contributed by atoms with Crippen LogP contribution in [0.1, 0.15) is 27.6 Å². The first-order chi connectivity index (χ1) is 17.8. The summed E-state index contributed by atoms with van der Waals surface area (Å²) in [6, 6.07) is 21.6. The zero-order valence-electron chi connectivity index (χ0n) is 20.8. The molecule has 37 heavy (non-hydrogen) atoms. The number of rotatable bonds is 10. The largest absolute Gasteiger partial charge is 0.457 e. The van der Waals surface area contributed by atoms with Gasteiger partial charge in [-0.25, -0.2) is 0 Å². The third-order valence-electron chi connectivity index (χ3n) is 6.04. The average molecular weight is 520 g/mol. The molecular formula is C29H30ClN3O4. The van der Waals surface area contributed by atoms with Gasteiger partial charge in [-0.2, -0.15) is 0 Å². The number of nitrogens with zero attached hydrogens (tertiary/aromatic N) is 2. The lowest BCUT2D eigenvalue weighted by molar-refractivity contribution is 0.0827. The van der Waals surface area contributed by atoms with Crippen LogP contribution in [0.15, 0.2) is 79.0 Å². The molecule has 192 valence electrons. The summed E-state index contributed by atoms with van der Waals surface area (Å²) in [5, 5.41) is 24.8. The lowest BCUT2D eigenvalue weighted by atomic mass is 10.0. The van der Waals surface area contributed by atoms with Crippen LogP contribution < -0.4 is 10.1 Å². The van der Waals surface area contributed by atoms with Crippen LogP contribution in [-0.2, 0) is 6.42 Å². The highest BCUT2D eigenvalue weighted by Crippen LogP contribution is 2.30. The van der Waals surface area contributed by atoms with Crippen molar-refractivity contribution in [2.24, 2.45) is 0 Å². The molecule has 2 atom stereocenters. The van der Waals surface area contributed by atoms with E-state index in [2.05, 4.69) is 10.3 Å². The van der Waals surface area contributed by atoms with Gasteiger partial charge >= 0.3 is 0 Å². The fraction of sp³-hybridized carbons (Fsp3) is 0.241. The summed E-state index contributed by atoms with van der Waals surface area (Å²) < 4.78 is 6.14. The van der Waals surface area contributed by atoms with Gasteiger partial charge in [0.05, 0.1) is 18.2 Å². The van der Waals surface area contributed by atoms with Crippen molar-refractivity contribution in [1.29, 1.82) is 0 Å². The molecule has 1 heterocycles. The van der Waals surface area contributed by atoms with Crippen molar-refractivity contribution in [3.05, 3.63) is 101 Å². The van der Waals surface area contributed by atoms with E-state index in [4.69, 9.17) is 16.3 Å². The first kappa shape index (κ1) is 26.6. The van der Waals surface area contributed by atoms with E-state index in [1.807, 2.05) is 36.4 Å². The highest BCUT2D eigenvalue weighted by Gasteiger charge is 2.14. The van der Waals surface area contributed by atoms with E-state index >= 15 is 0 Å². The molecule has 0 aliphatic heterocycles. The van der Waals surface area contributed by atoms with E-state index in [1.165, 1.54) is 4.90 Å². The summed E-state index contributed by atoms with van der Waals surface area (Å²) in [4.78, 5) is 18.3. The number of amides is 1. The number of aromatic nitrogens is 1. The number of nitrogens with one attached hydrogen (secondary N) is 1. The maximum absolute atomic E-state index is 12.4. The van der Waals surface area contributed by atoms with Gasteiger partial charge in [0.2, 0.25) is 0 Å². The van der Waals surface area contributed by atoms with Crippen LogP contribution in [0.3, 0.4) is 0 Å².